The van der Waals surface area contributed by atoms with E-state index in [1.165, 1.54) is 64.2 Å². The molecule has 2 rings (SSSR count). The van der Waals surface area contributed by atoms with E-state index in [0.29, 0.717) is 23.3 Å². The maximum absolute atomic E-state index is 12.4. The van der Waals surface area contributed by atoms with Crippen molar-refractivity contribution in [2.24, 2.45) is 10.8 Å². The molecule has 0 atom stereocenters. The second-order valence-electron chi connectivity index (χ2n) is 7.96. The molecule has 2 saturated carbocycles. The molecule has 0 aliphatic heterocycles. The fraction of sp³-hybridized carbons (Fsp3) is 0.947. The highest BCUT2D eigenvalue weighted by Gasteiger charge is 2.68. The van der Waals surface area contributed by atoms with Crippen molar-refractivity contribution in [2.75, 3.05) is 12.4 Å². The van der Waals surface area contributed by atoms with E-state index in [1.54, 1.807) is 0 Å². The van der Waals surface area contributed by atoms with Gasteiger partial charge in [-0.15, -0.1) is 11.6 Å². The Morgan fingerprint density at radius 3 is 1.87 bits per heavy atom. The fourth-order valence-corrected chi connectivity index (χ4v) is 4.69. The smallest absolute Gasteiger partial charge is 0.315 e. The minimum Gasteiger partial charge on any atom is -0.337 e. The van der Waals surface area contributed by atoms with E-state index in [2.05, 4.69) is 31.4 Å². The fourth-order valence-electron chi connectivity index (χ4n) is 4.59. The van der Waals surface area contributed by atoms with Crippen LogP contribution in [0, 0.1) is 10.8 Å². The molecule has 0 aromatic heterocycles. The first-order valence-electron chi connectivity index (χ1n) is 9.61. The first-order valence-corrected chi connectivity index (χ1v) is 10.1. The van der Waals surface area contributed by atoms with Gasteiger partial charge in [-0.25, -0.2) is 4.79 Å². The summed E-state index contributed by atoms with van der Waals surface area (Å²) in [5.74, 6) is 0.464. The number of hydrogen-bond acceptors (Lipinski definition) is 1. The molecule has 0 spiro atoms. The Balaban J connectivity index is 2.16. The molecule has 0 aromatic carbocycles. The van der Waals surface area contributed by atoms with Gasteiger partial charge in [0.15, 0.2) is 0 Å². The van der Waals surface area contributed by atoms with E-state index in [-0.39, 0.29) is 11.6 Å². The van der Waals surface area contributed by atoms with E-state index < -0.39 is 0 Å². The van der Waals surface area contributed by atoms with E-state index in [0.717, 1.165) is 0 Å². The zero-order chi connectivity index (χ0) is 17.0. The zero-order valence-electron chi connectivity index (χ0n) is 15.3. The first kappa shape index (κ1) is 18.9. The van der Waals surface area contributed by atoms with E-state index in [4.69, 9.17) is 11.6 Å². The average Bonchev–Trinajstić information content (AvgIpc) is 3.44. The van der Waals surface area contributed by atoms with Crippen LogP contribution in [0.4, 0.5) is 4.79 Å². The van der Waals surface area contributed by atoms with Crippen LogP contribution >= 0.6 is 11.6 Å². The van der Waals surface area contributed by atoms with Gasteiger partial charge >= 0.3 is 6.03 Å². The second-order valence-corrected chi connectivity index (χ2v) is 8.34. The summed E-state index contributed by atoms with van der Waals surface area (Å²) in [6.07, 6.45) is 12.6. The normalized spacial score (nSPS) is 20.9. The molecule has 2 N–H and O–H groups in total. The monoisotopic (exact) mass is 342 g/mol. The zero-order valence-corrected chi connectivity index (χ0v) is 16.0. The SMILES string of the molecule is CCCCC1(C(C)(NC(=O)NCCCl)C2(CCCC)CC2)CC1. The Kier molecular flexibility index (Phi) is 6.27. The third-order valence-electron chi connectivity index (χ3n) is 6.59. The largest absolute Gasteiger partial charge is 0.337 e. The lowest BCUT2D eigenvalue weighted by Gasteiger charge is -2.46. The predicted molar refractivity (Wildman–Crippen MR) is 98.0 cm³/mol. The highest BCUT2D eigenvalue weighted by Crippen LogP contribution is 2.70. The number of rotatable bonds is 11. The highest BCUT2D eigenvalue weighted by molar-refractivity contribution is 6.18. The predicted octanol–water partition coefficient (Wildman–Crippen LogP) is 5.22. The van der Waals surface area contributed by atoms with Crippen molar-refractivity contribution in [3.05, 3.63) is 0 Å². The van der Waals surface area contributed by atoms with Crippen molar-refractivity contribution in [1.29, 1.82) is 0 Å². The lowest BCUT2D eigenvalue weighted by molar-refractivity contribution is 0.0941. The van der Waals surface area contributed by atoms with Crippen LogP contribution in [0.15, 0.2) is 0 Å². The number of unbranched alkanes of at least 4 members (excludes halogenated alkanes) is 2. The van der Waals surface area contributed by atoms with Gasteiger partial charge in [0.2, 0.25) is 0 Å². The topological polar surface area (TPSA) is 41.1 Å². The summed E-state index contributed by atoms with van der Waals surface area (Å²) in [4.78, 5) is 12.4. The Morgan fingerprint density at radius 1 is 1.04 bits per heavy atom. The van der Waals surface area contributed by atoms with Crippen LogP contribution in [0.5, 0.6) is 0 Å². The maximum Gasteiger partial charge on any atom is 0.315 e. The third kappa shape index (κ3) is 3.81. The van der Waals surface area contributed by atoms with Crippen molar-refractivity contribution >= 4 is 17.6 Å². The lowest BCUT2D eigenvalue weighted by atomic mass is 9.66. The molecule has 0 unspecified atom stereocenters. The van der Waals surface area contributed by atoms with Gasteiger partial charge in [-0.1, -0.05) is 39.5 Å². The van der Waals surface area contributed by atoms with Crippen LogP contribution in [0.1, 0.15) is 85.0 Å². The average molecular weight is 343 g/mol. The Morgan fingerprint density at radius 2 is 1.52 bits per heavy atom. The van der Waals surface area contributed by atoms with E-state index >= 15 is 0 Å². The van der Waals surface area contributed by atoms with Crippen LogP contribution in [0.2, 0.25) is 0 Å². The van der Waals surface area contributed by atoms with Crippen molar-refractivity contribution in [2.45, 2.75) is 90.5 Å². The van der Waals surface area contributed by atoms with Gasteiger partial charge in [0.1, 0.15) is 0 Å². The Hall–Kier alpha value is -0.440. The number of halogens is 1. The van der Waals surface area contributed by atoms with Gasteiger partial charge in [0, 0.05) is 12.4 Å². The molecule has 23 heavy (non-hydrogen) atoms. The van der Waals surface area contributed by atoms with Gasteiger partial charge in [-0.05, 0) is 56.3 Å². The van der Waals surface area contributed by atoms with Crippen LogP contribution in [-0.4, -0.2) is 24.0 Å². The quantitative estimate of drug-likeness (QED) is 0.496. The highest BCUT2D eigenvalue weighted by atomic mass is 35.5. The summed E-state index contributed by atoms with van der Waals surface area (Å²) in [7, 11) is 0. The number of hydrogen-bond donors (Lipinski definition) is 2. The molecule has 0 heterocycles. The Bertz CT molecular complexity index is 378. The summed E-state index contributed by atoms with van der Waals surface area (Å²) in [5.41, 5.74) is 0.581. The van der Waals surface area contributed by atoms with E-state index in [9.17, 15) is 4.79 Å². The number of urea groups is 1. The third-order valence-corrected chi connectivity index (χ3v) is 6.78. The minimum atomic E-state index is -0.0687. The number of amides is 2. The molecular formula is C19H35ClN2O. The number of carbonyl (C=O) groups is 1. The first-order chi connectivity index (χ1) is 11.0. The number of alkyl halides is 1. The van der Waals surface area contributed by atoms with Crippen molar-refractivity contribution < 1.29 is 4.79 Å². The molecule has 134 valence electrons. The molecule has 2 aliphatic rings. The minimum absolute atomic E-state index is 0.0290. The van der Waals surface area contributed by atoms with Crippen molar-refractivity contribution in [3.63, 3.8) is 0 Å². The van der Waals surface area contributed by atoms with Crippen LogP contribution in [0.3, 0.4) is 0 Å². The van der Waals surface area contributed by atoms with Gasteiger partial charge in [-0.2, -0.15) is 0 Å². The molecule has 0 radical (unpaired) electrons. The summed E-state index contributed by atoms with van der Waals surface area (Å²) in [6, 6.07) is -0.0290. The molecule has 2 amide bonds. The molecule has 2 aliphatic carbocycles. The molecular weight excluding hydrogens is 308 g/mol. The Labute approximate surface area is 147 Å². The summed E-state index contributed by atoms with van der Waals surface area (Å²) < 4.78 is 0. The lowest BCUT2D eigenvalue weighted by Crippen LogP contribution is -2.61. The molecule has 2 fully saturated rings. The van der Waals surface area contributed by atoms with Gasteiger partial charge < -0.3 is 10.6 Å². The van der Waals surface area contributed by atoms with Gasteiger partial charge in [-0.3, -0.25) is 0 Å². The number of nitrogens with one attached hydrogen (secondary N) is 2. The molecule has 4 heteroatoms. The van der Waals surface area contributed by atoms with E-state index in [1.807, 2.05) is 0 Å². The van der Waals surface area contributed by atoms with Crippen LogP contribution < -0.4 is 10.6 Å². The summed E-state index contributed by atoms with van der Waals surface area (Å²) in [6.45, 7) is 7.40. The number of carbonyl (C=O) groups excluding carboxylic acids is 1. The van der Waals surface area contributed by atoms with Crippen molar-refractivity contribution in [3.8, 4) is 0 Å². The van der Waals surface area contributed by atoms with Gasteiger partial charge in [0.05, 0.1) is 5.54 Å². The summed E-state index contributed by atoms with van der Waals surface area (Å²) >= 11 is 5.72. The standard InChI is InChI=1S/C19H35ClN2O/c1-4-6-8-18(10-11-18)17(3,22-16(23)21-15-14-20)19(12-13-19)9-7-5-2/h4-15H2,1-3H3,(H2,21,22,23). The summed E-state index contributed by atoms with van der Waals surface area (Å²) in [5, 5.41) is 6.36. The van der Waals surface area contributed by atoms with Crippen LogP contribution in [-0.2, 0) is 0 Å². The van der Waals surface area contributed by atoms with Crippen LogP contribution in [0.25, 0.3) is 0 Å². The second kappa shape index (κ2) is 7.63. The molecule has 0 saturated heterocycles. The molecule has 0 aromatic rings. The van der Waals surface area contributed by atoms with Crippen molar-refractivity contribution in [1.82, 2.24) is 10.6 Å². The molecule has 0 bridgehead atoms. The maximum atomic E-state index is 12.4. The van der Waals surface area contributed by atoms with Gasteiger partial charge in [0.25, 0.3) is 0 Å². The molecule has 3 nitrogen and oxygen atoms in total.